The number of ether oxygens (including phenoxy) is 1. The van der Waals surface area contributed by atoms with Gasteiger partial charge in [0.15, 0.2) is 11.4 Å². The molecule has 4 aliphatic carbocycles. The van der Waals surface area contributed by atoms with Crippen LogP contribution < -0.4 is 0 Å². The van der Waals surface area contributed by atoms with Crippen molar-refractivity contribution in [3.63, 3.8) is 0 Å². The Hall–Kier alpha value is -1.56. The molecule has 0 bridgehead atoms. The predicted molar refractivity (Wildman–Crippen MR) is 116 cm³/mol. The van der Waals surface area contributed by atoms with Crippen molar-refractivity contribution in [2.45, 2.75) is 71.8 Å². The lowest BCUT2D eigenvalue weighted by Crippen LogP contribution is -2.59. The smallest absolute Gasteiger partial charge is 0.306 e. The van der Waals surface area contributed by atoms with Gasteiger partial charge in [-0.3, -0.25) is 14.4 Å². The van der Waals surface area contributed by atoms with E-state index in [-0.39, 0.29) is 52.2 Å². The van der Waals surface area contributed by atoms with Gasteiger partial charge in [0.05, 0.1) is 0 Å². The standard InChI is InChI=1S/C24H32O5S/c1-5-20(27)29-24(21(28)30)13(2)10-17-15-7-6-14-11-18(25)19(26)12-22(14,3)16(15)8-9-23(17,24)4/h11-13,15-17,26H,5-10H2,1-4H3,(H,28,30)/t13-,15-,16+,17+,22+,23+,24+/m1/s1. The Balaban J connectivity index is 1.75. The maximum atomic E-state index is 12.9. The molecule has 4 rings (SSSR count). The molecule has 0 amide bonds. The van der Waals surface area contributed by atoms with Crippen LogP contribution in [0.15, 0.2) is 23.5 Å². The molecule has 0 aromatic carbocycles. The highest BCUT2D eigenvalue weighted by atomic mass is 32.1. The Labute approximate surface area is 183 Å². The lowest BCUT2D eigenvalue weighted by atomic mass is 9.47. The third-order valence-corrected chi connectivity index (χ3v) is 9.39. The number of hydrogen-bond acceptors (Lipinski definition) is 5. The number of allylic oxidation sites excluding steroid dienone is 3. The minimum absolute atomic E-state index is 0.103. The van der Waals surface area contributed by atoms with Crippen molar-refractivity contribution in [2.24, 2.45) is 34.5 Å². The average molecular weight is 433 g/mol. The van der Waals surface area contributed by atoms with E-state index < -0.39 is 11.0 Å². The highest BCUT2D eigenvalue weighted by Crippen LogP contribution is 2.69. The summed E-state index contributed by atoms with van der Waals surface area (Å²) in [6, 6.07) is 0. The van der Waals surface area contributed by atoms with Crippen LogP contribution in [0.3, 0.4) is 0 Å². The molecule has 1 N–H and O–H groups in total. The third-order valence-electron chi connectivity index (χ3n) is 9.06. The van der Waals surface area contributed by atoms with Crippen LogP contribution in [0.2, 0.25) is 0 Å². The molecule has 0 heterocycles. The van der Waals surface area contributed by atoms with Gasteiger partial charge in [0.2, 0.25) is 10.9 Å². The van der Waals surface area contributed by atoms with E-state index in [4.69, 9.17) is 4.74 Å². The van der Waals surface area contributed by atoms with Crippen molar-refractivity contribution in [2.75, 3.05) is 0 Å². The van der Waals surface area contributed by atoms with E-state index >= 15 is 0 Å². The van der Waals surface area contributed by atoms with Crippen molar-refractivity contribution < 1.29 is 24.2 Å². The zero-order valence-electron chi connectivity index (χ0n) is 18.2. The van der Waals surface area contributed by atoms with Gasteiger partial charge < -0.3 is 9.84 Å². The minimum atomic E-state index is -1.20. The van der Waals surface area contributed by atoms with Gasteiger partial charge in [0.1, 0.15) is 0 Å². The Morgan fingerprint density at radius 1 is 1.27 bits per heavy atom. The molecule has 0 aliphatic heterocycles. The van der Waals surface area contributed by atoms with Crippen molar-refractivity contribution in [3.8, 4) is 0 Å². The summed E-state index contributed by atoms with van der Waals surface area (Å²) in [4.78, 5) is 37.3. The van der Waals surface area contributed by atoms with Gasteiger partial charge in [-0.1, -0.05) is 33.3 Å². The van der Waals surface area contributed by atoms with E-state index in [0.29, 0.717) is 5.92 Å². The van der Waals surface area contributed by atoms with Gasteiger partial charge in [-0.15, -0.1) is 12.6 Å². The van der Waals surface area contributed by atoms with E-state index in [1.165, 1.54) is 0 Å². The first kappa shape index (κ1) is 21.7. The number of esters is 1. The van der Waals surface area contributed by atoms with E-state index in [1.54, 1.807) is 19.1 Å². The van der Waals surface area contributed by atoms with Gasteiger partial charge in [0, 0.05) is 23.2 Å². The monoisotopic (exact) mass is 432 g/mol. The number of hydrogen-bond donors (Lipinski definition) is 2. The van der Waals surface area contributed by atoms with Crippen LogP contribution in [0.1, 0.15) is 66.2 Å². The lowest BCUT2D eigenvalue weighted by molar-refractivity contribution is -0.189. The van der Waals surface area contributed by atoms with Gasteiger partial charge in [-0.05, 0) is 62.0 Å². The summed E-state index contributed by atoms with van der Waals surface area (Å²) < 4.78 is 5.96. The van der Waals surface area contributed by atoms with E-state index in [9.17, 15) is 19.5 Å². The topological polar surface area (TPSA) is 80.7 Å². The first-order valence-corrected chi connectivity index (χ1v) is 11.6. The first-order chi connectivity index (χ1) is 14.0. The summed E-state index contributed by atoms with van der Waals surface area (Å²) in [5, 5.41) is 9.85. The Morgan fingerprint density at radius 3 is 2.60 bits per heavy atom. The zero-order valence-corrected chi connectivity index (χ0v) is 19.1. The Bertz CT molecular complexity index is 875. The second-order valence-corrected chi connectivity index (χ2v) is 10.6. The molecule has 3 fully saturated rings. The highest BCUT2D eigenvalue weighted by molar-refractivity contribution is 7.96. The van der Waals surface area contributed by atoms with Crippen LogP contribution in [0.4, 0.5) is 0 Å². The van der Waals surface area contributed by atoms with Crippen molar-refractivity contribution in [3.05, 3.63) is 23.5 Å². The summed E-state index contributed by atoms with van der Waals surface area (Å²) in [5.41, 5.74) is -0.904. The van der Waals surface area contributed by atoms with Crippen LogP contribution in [0.25, 0.3) is 0 Å². The molecule has 0 aromatic rings. The van der Waals surface area contributed by atoms with Crippen LogP contribution in [-0.4, -0.2) is 27.6 Å². The van der Waals surface area contributed by atoms with E-state index in [1.807, 2.05) is 6.92 Å². The van der Waals surface area contributed by atoms with Crippen LogP contribution in [-0.2, 0) is 19.1 Å². The quantitative estimate of drug-likeness (QED) is 0.504. The number of rotatable bonds is 3. The molecule has 30 heavy (non-hydrogen) atoms. The minimum Gasteiger partial charge on any atom is -0.504 e. The van der Waals surface area contributed by atoms with Crippen LogP contribution in [0.5, 0.6) is 0 Å². The number of carbonyl (C=O) groups excluding carboxylic acids is 3. The summed E-state index contributed by atoms with van der Waals surface area (Å²) in [7, 11) is 0. The normalized spacial score (nSPS) is 44.9. The number of carbonyl (C=O) groups is 3. The molecular weight excluding hydrogens is 400 g/mol. The first-order valence-electron chi connectivity index (χ1n) is 11.1. The predicted octanol–water partition coefficient (Wildman–Crippen LogP) is 4.57. The zero-order chi connectivity index (χ0) is 22.1. The summed E-state index contributed by atoms with van der Waals surface area (Å²) in [5.74, 6) is -0.0835. The third kappa shape index (κ3) is 2.64. The van der Waals surface area contributed by atoms with Crippen LogP contribution in [0, 0.1) is 34.5 Å². The molecule has 0 spiro atoms. The highest BCUT2D eigenvalue weighted by Gasteiger charge is 2.71. The summed E-state index contributed by atoms with van der Waals surface area (Å²) in [6.45, 7) is 8.00. The number of fused-ring (bicyclic) bond motifs is 5. The second kappa shape index (κ2) is 6.98. The van der Waals surface area contributed by atoms with Crippen molar-refractivity contribution >= 4 is 29.5 Å². The van der Waals surface area contributed by atoms with Crippen LogP contribution >= 0.6 is 12.6 Å². The summed E-state index contributed by atoms with van der Waals surface area (Å²) in [6.07, 6.45) is 7.78. The Morgan fingerprint density at radius 2 is 1.97 bits per heavy atom. The molecular formula is C24H32O5S. The fraction of sp³-hybridized carbons (Fsp3) is 0.708. The molecule has 0 aromatic heterocycles. The van der Waals surface area contributed by atoms with E-state index in [2.05, 4.69) is 26.5 Å². The molecule has 0 radical (unpaired) electrons. The average Bonchev–Trinajstić information content (AvgIpc) is 2.91. The number of aliphatic hydroxyl groups excluding tert-OH is 1. The molecule has 7 atom stereocenters. The van der Waals surface area contributed by atoms with Gasteiger partial charge >= 0.3 is 5.97 Å². The maximum Gasteiger partial charge on any atom is 0.306 e. The largest absolute Gasteiger partial charge is 0.504 e. The maximum absolute atomic E-state index is 12.9. The number of aliphatic hydroxyl groups is 1. The lowest BCUT2D eigenvalue weighted by Gasteiger charge is -2.58. The van der Waals surface area contributed by atoms with Gasteiger partial charge in [-0.25, -0.2) is 0 Å². The fourth-order valence-corrected chi connectivity index (χ4v) is 8.09. The second-order valence-electron chi connectivity index (χ2n) is 10.2. The number of thiol groups is 1. The van der Waals surface area contributed by atoms with Crippen molar-refractivity contribution in [1.82, 2.24) is 0 Å². The SMILES string of the molecule is CCC(=O)O[C@]1(C(=O)S)[C@H](C)C[C@H]2[C@@H]3CCC4=CC(=O)C(O)=C[C@]4(C)[C@H]3CC[C@@]21C. The molecule has 0 saturated heterocycles. The molecule has 3 saturated carbocycles. The molecule has 4 aliphatic rings. The Kier molecular flexibility index (Phi) is 5.04. The van der Waals surface area contributed by atoms with Gasteiger partial charge in [0.25, 0.3) is 0 Å². The fourth-order valence-electron chi connectivity index (χ4n) is 7.57. The van der Waals surface area contributed by atoms with E-state index in [0.717, 1.165) is 37.7 Å². The molecule has 164 valence electrons. The molecule has 6 heteroatoms. The molecule has 0 unspecified atom stereocenters. The molecule has 5 nitrogen and oxygen atoms in total. The van der Waals surface area contributed by atoms with Gasteiger partial charge in [-0.2, -0.15) is 0 Å². The number of ketones is 1. The van der Waals surface area contributed by atoms with Crippen molar-refractivity contribution in [1.29, 1.82) is 0 Å². The summed E-state index contributed by atoms with van der Waals surface area (Å²) >= 11 is 4.25.